The molecule has 0 fully saturated rings. The molecule has 0 saturated carbocycles. The van der Waals surface area contributed by atoms with Crippen molar-refractivity contribution in [3.8, 4) is 5.75 Å². The zero-order valence-electron chi connectivity index (χ0n) is 16.8. The van der Waals surface area contributed by atoms with Gasteiger partial charge in [-0.2, -0.15) is 0 Å². The Hall–Kier alpha value is -2.54. The van der Waals surface area contributed by atoms with Gasteiger partial charge in [0.15, 0.2) is 5.12 Å². The van der Waals surface area contributed by atoms with E-state index in [0.29, 0.717) is 0 Å². The van der Waals surface area contributed by atoms with Crippen molar-refractivity contribution in [1.29, 1.82) is 0 Å². The summed E-state index contributed by atoms with van der Waals surface area (Å²) in [5.74, 6) is -1.24. The Morgan fingerprint density at radius 2 is 1.71 bits per heavy atom. The summed E-state index contributed by atoms with van der Waals surface area (Å²) in [5.41, 5.74) is 0.853. The number of aliphatic carboxylic acids is 1. The van der Waals surface area contributed by atoms with E-state index in [4.69, 9.17) is 9.84 Å². The van der Waals surface area contributed by atoms with E-state index in [2.05, 4.69) is 5.32 Å². The molecule has 2 unspecified atom stereocenters. The van der Waals surface area contributed by atoms with Gasteiger partial charge in [0, 0.05) is 12.7 Å². The van der Waals surface area contributed by atoms with Crippen LogP contribution in [0.25, 0.3) is 10.8 Å². The summed E-state index contributed by atoms with van der Waals surface area (Å²) in [7, 11) is 1.61. The average molecular weight is 406 g/mol. The van der Waals surface area contributed by atoms with Gasteiger partial charge >= 0.3 is 5.97 Å². The smallest absolute Gasteiger partial charge is 0.327 e. The maximum Gasteiger partial charge on any atom is 0.327 e. The molecule has 0 aliphatic carbocycles. The van der Waals surface area contributed by atoms with Crippen LogP contribution in [0.15, 0.2) is 36.4 Å². The molecule has 2 aromatic carbocycles. The van der Waals surface area contributed by atoms with E-state index in [9.17, 15) is 14.4 Å². The van der Waals surface area contributed by atoms with Crippen LogP contribution in [0.5, 0.6) is 5.75 Å². The molecule has 2 aromatic rings. The van der Waals surface area contributed by atoms with Crippen molar-refractivity contribution in [2.45, 2.75) is 39.7 Å². The van der Waals surface area contributed by atoms with Crippen molar-refractivity contribution in [3.05, 3.63) is 42.0 Å². The number of carboxylic acid groups (broad SMARTS) is 1. The second kappa shape index (κ2) is 11.3. The van der Waals surface area contributed by atoms with E-state index in [1.807, 2.05) is 50.2 Å². The minimum Gasteiger partial charge on any atom is -0.497 e. The second-order valence-corrected chi connectivity index (χ2v) is 6.94. The molecular formula is C21H27NO5S. The van der Waals surface area contributed by atoms with Crippen LogP contribution in [-0.2, 0) is 14.4 Å². The fourth-order valence-electron chi connectivity index (χ4n) is 2.49. The maximum atomic E-state index is 12.4. The highest BCUT2D eigenvalue weighted by molar-refractivity contribution is 8.13. The Kier molecular flexibility index (Phi) is 9.51. The average Bonchev–Trinajstić information content (AvgIpc) is 2.70. The van der Waals surface area contributed by atoms with Gasteiger partial charge in [0.05, 0.1) is 13.0 Å². The topological polar surface area (TPSA) is 92.7 Å². The lowest BCUT2D eigenvalue weighted by Crippen LogP contribution is -2.41. The third-order valence-electron chi connectivity index (χ3n) is 3.99. The quantitative estimate of drug-likeness (QED) is 0.727. The molecule has 2 rings (SSSR count). The lowest BCUT2D eigenvalue weighted by Gasteiger charge is -2.15. The number of carbonyl (C=O) groups excluding carboxylic acids is 2. The molecule has 6 nitrogen and oxygen atoms in total. The van der Waals surface area contributed by atoms with E-state index >= 15 is 0 Å². The van der Waals surface area contributed by atoms with Gasteiger partial charge in [-0.05, 0) is 28.5 Å². The van der Waals surface area contributed by atoms with Crippen molar-refractivity contribution in [2.24, 2.45) is 0 Å². The van der Waals surface area contributed by atoms with Crippen molar-refractivity contribution in [2.75, 3.05) is 12.9 Å². The maximum absolute atomic E-state index is 12.4. The number of methoxy groups -OCH3 is 1. The van der Waals surface area contributed by atoms with Crippen LogP contribution in [0.1, 0.15) is 39.2 Å². The molecule has 0 aliphatic heterocycles. The van der Waals surface area contributed by atoms with Gasteiger partial charge in [-0.25, -0.2) is 4.79 Å². The lowest BCUT2D eigenvalue weighted by molar-refractivity contribution is -0.140. The second-order valence-electron chi connectivity index (χ2n) is 5.92. The van der Waals surface area contributed by atoms with Gasteiger partial charge in [0.25, 0.3) is 0 Å². The van der Waals surface area contributed by atoms with E-state index in [1.165, 1.54) is 6.92 Å². The number of hydrogen-bond donors (Lipinski definition) is 2. The summed E-state index contributed by atoms with van der Waals surface area (Å²) in [6.07, 6.45) is 0. The summed E-state index contributed by atoms with van der Waals surface area (Å²) in [6.45, 7) is 7.03. The summed E-state index contributed by atoms with van der Waals surface area (Å²) < 4.78 is 5.20. The Labute approximate surface area is 169 Å². The van der Waals surface area contributed by atoms with E-state index in [1.54, 1.807) is 14.0 Å². The Balaban J connectivity index is 0.00000190. The molecule has 0 aromatic heterocycles. The number of rotatable bonds is 7. The van der Waals surface area contributed by atoms with Crippen LogP contribution in [0.4, 0.5) is 0 Å². The summed E-state index contributed by atoms with van der Waals surface area (Å²) >= 11 is 0.915. The van der Waals surface area contributed by atoms with Crippen molar-refractivity contribution in [3.63, 3.8) is 0 Å². The number of amides is 1. The highest BCUT2D eigenvalue weighted by Crippen LogP contribution is 2.28. The predicted octanol–water partition coefficient (Wildman–Crippen LogP) is 3.83. The first-order valence-corrected chi connectivity index (χ1v) is 10.0. The van der Waals surface area contributed by atoms with Crippen LogP contribution in [0, 0.1) is 0 Å². The van der Waals surface area contributed by atoms with Crippen LogP contribution in [0.2, 0.25) is 0 Å². The molecule has 0 aliphatic rings. The summed E-state index contributed by atoms with van der Waals surface area (Å²) in [6, 6.07) is 10.4. The minimum absolute atomic E-state index is 0.0110. The lowest BCUT2D eigenvalue weighted by atomic mass is 9.99. The molecule has 0 bridgehead atoms. The van der Waals surface area contributed by atoms with E-state index in [0.717, 1.165) is 33.8 Å². The first-order valence-electron chi connectivity index (χ1n) is 9.06. The number of carbonyl (C=O) groups is 3. The van der Waals surface area contributed by atoms with Crippen LogP contribution < -0.4 is 10.1 Å². The SMILES string of the molecule is CC.COc1ccc2cc(C(C)C(=O)SCC(NC(C)=O)C(=O)O)ccc2c1. The van der Waals surface area contributed by atoms with Gasteiger partial charge < -0.3 is 15.2 Å². The standard InChI is InChI=1S/C19H21NO5S.C2H6/c1-11(19(24)26-10-17(18(22)23)20-12(2)21)13-4-5-15-9-16(25-3)7-6-14(15)8-13;1-2/h4-9,11,17H,10H2,1-3H3,(H,20,21)(H,22,23);1-2H3. The molecule has 0 saturated heterocycles. The fraction of sp³-hybridized carbons (Fsp3) is 0.381. The number of ether oxygens (including phenoxy) is 1. The Morgan fingerprint density at radius 3 is 2.29 bits per heavy atom. The number of thioether (sulfide) groups is 1. The van der Waals surface area contributed by atoms with Crippen LogP contribution >= 0.6 is 11.8 Å². The molecule has 0 radical (unpaired) electrons. The van der Waals surface area contributed by atoms with Gasteiger partial charge in [0.1, 0.15) is 11.8 Å². The van der Waals surface area contributed by atoms with E-state index in [-0.39, 0.29) is 10.9 Å². The molecule has 0 spiro atoms. The van der Waals surface area contributed by atoms with Crippen LogP contribution in [0.3, 0.4) is 0 Å². The van der Waals surface area contributed by atoms with Gasteiger partial charge in [-0.15, -0.1) is 0 Å². The molecular weight excluding hydrogens is 378 g/mol. The van der Waals surface area contributed by atoms with Crippen LogP contribution in [-0.4, -0.2) is 41.0 Å². The molecule has 28 heavy (non-hydrogen) atoms. The summed E-state index contributed by atoms with van der Waals surface area (Å²) in [4.78, 5) is 34.6. The zero-order chi connectivity index (χ0) is 21.3. The predicted molar refractivity (Wildman–Crippen MR) is 113 cm³/mol. The Morgan fingerprint density at radius 1 is 1.11 bits per heavy atom. The van der Waals surface area contributed by atoms with Crippen molar-refractivity contribution < 1.29 is 24.2 Å². The van der Waals surface area contributed by atoms with Gasteiger partial charge in [-0.3, -0.25) is 9.59 Å². The zero-order valence-corrected chi connectivity index (χ0v) is 17.6. The highest BCUT2D eigenvalue weighted by atomic mass is 32.2. The molecule has 2 N–H and O–H groups in total. The van der Waals surface area contributed by atoms with Gasteiger partial charge in [0.2, 0.25) is 5.91 Å². The minimum atomic E-state index is -1.16. The third kappa shape index (κ3) is 6.56. The number of nitrogens with one attached hydrogen (secondary N) is 1. The first-order chi connectivity index (χ1) is 13.3. The molecule has 152 valence electrons. The van der Waals surface area contributed by atoms with E-state index < -0.39 is 23.8 Å². The fourth-order valence-corrected chi connectivity index (χ4v) is 3.43. The molecule has 0 heterocycles. The Bertz CT molecular complexity index is 837. The first kappa shape index (κ1) is 23.5. The number of benzene rings is 2. The summed E-state index contributed by atoms with van der Waals surface area (Å²) in [5, 5.41) is 13.3. The normalized spacial score (nSPS) is 12.3. The van der Waals surface area contributed by atoms with Crippen molar-refractivity contribution >= 4 is 39.5 Å². The van der Waals surface area contributed by atoms with Crippen molar-refractivity contribution in [1.82, 2.24) is 5.32 Å². The molecule has 2 atom stereocenters. The number of fused-ring (bicyclic) bond motifs is 1. The van der Waals surface area contributed by atoms with Gasteiger partial charge in [-0.1, -0.05) is 56.8 Å². The third-order valence-corrected chi connectivity index (χ3v) is 5.13. The highest BCUT2D eigenvalue weighted by Gasteiger charge is 2.23. The number of hydrogen-bond acceptors (Lipinski definition) is 5. The number of carboxylic acids is 1. The monoisotopic (exact) mass is 405 g/mol. The largest absolute Gasteiger partial charge is 0.497 e. The molecule has 1 amide bonds. The molecule has 7 heteroatoms.